The lowest BCUT2D eigenvalue weighted by molar-refractivity contribution is 0.0701. The SMILES string of the molecule is Cc1nc(-c2ccccc2)sc1C(=O)N1CCN(S(=O)(=O)Cc2ccccc2)CC1. The van der Waals surface area contributed by atoms with Crippen molar-refractivity contribution in [2.45, 2.75) is 12.7 Å². The van der Waals surface area contributed by atoms with E-state index in [2.05, 4.69) is 4.98 Å². The van der Waals surface area contributed by atoms with Crippen LogP contribution in [-0.4, -0.2) is 54.7 Å². The molecule has 1 aliphatic rings. The molecule has 2 heterocycles. The van der Waals surface area contributed by atoms with Crippen LogP contribution in [0.15, 0.2) is 60.7 Å². The first-order valence-electron chi connectivity index (χ1n) is 9.78. The number of hydrogen-bond donors (Lipinski definition) is 0. The van der Waals surface area contributed by atoms with Crippen molar-refractivity contribution in [1.29, 1.82) is 0 Å². The zero-order chi connectivity index (χ0) is 21.1. The van der Waals surface area contributed by atoms with Gasteiger partial charge in [0, 0.05) is 31.7 Å². The molecule has 4 rings (SSSR count). The zero-order valence-electron chi connectivity index (χ0n) is 16.7. The molecule has 8 heteroatoms. The van der Waals surface area contributed by atoms with Crippen molar-refractivity contribution in [1.82, 2.24) is 14.2 Å². The average Bonchev–Trinajstić information content (AvgIpc) is 3.16. The van der Waals surface area contributed by atoms with Gasteiger partial charge in [-0.05, 0) is 12.5 Å². The summed E-state index contributed by atoms with van der Waals surface area (Å²) in [6.07, 6.45) is 0. The van der Waals surface area contributed by atoms with Gasteiger partial charge >= 0.3 is 0 Å². The van der Waals surface area contributed by atoms with E-state index >= 15 is 0 Å². The minimum Gasteiger partial charge on any atom is -0.335 e. The number of thiazole rings is 1. The molecule has 0 radical (unpaired) electrons. The number of aromatic nitrogens is 1. The second kappa shape index (κ2) is 8.67. The first-order valence-corrected chi connectivity index (χ1v) is 12.2. The van der Waals surface area contributed by atoms with Crippen molar-refractivity contribution in [3.8, 4) is 10.6 Å². The summed E-state index contributed by atoms with van der Waals surface area (Å²) in [6.45, 7) is 3.22. The predicted molar refractivity (Wildman–Crippen MR) is 119 cm³/mol. The van der Waals surface area contributed by atoms with Crippen LogP contribution < -0.4 is 0 Å². The number of carbonyl (C=O) groups excluding carboxylic acids is 1. The van der Waals surface area contributed by atoms with E-state index < -0.39 is 10.0 Å². The van der Waals surface area contributed by atoms with Gasteiger partial charge in [0.05, 0.1) is 11.4 Å². The minimum atomic E-state index is -3.40. The van der Waals surface area contributed by atoms with Crippen LogP contribution in [0.3, 0.4) is 0 Å². The van der Waals surface area contributed by atoms with Crippen LogP contribution in [0.5, 0.6) is 0 Å². The molecule has 0 unspecified atom stereocenters. The van der Waals surface area contributed by atoms with Gasteiger partial charge in [-0.1, -0.05) is 60.7 Å². The number of amides is 1. The first kappa shape index (κ1) is 20.7. The molecule has 30 heavy (non-hydrogen) atoms. The quantitative estimate of drug-likeness (QED) is 0.608. The summed E-state index contributed by atoms with van der Waals surface area (Å²) in [6, 6.07) is 19.0. The number of carbonyl (C=O) groups is 1. The molecule has 1 saturated heterocycles. The summed E-state index contributed by atoms with van der Waals surface area (Å²) in [5.41, 5.74) is 2.47. The topological polar surface area (TPSA) is 70.6 Å². The van der Waals surface area contributed by atoms with Gasteiger partial charge in [0.15, 0.2) is 0 Å². The number of nitrogens with zero attached hydrogens (tertiary/aromatic N) is 3. The Bertz CT molecular complexity index is 1120. The van der Waals surface area contributed by atoms with Gasteiger partial charge in [0.1, 0.15) is 9.88 Å². The predicted octanol–water partition coefficient (Wildman–Crippen LogP) is 3.41. The Kier molecular flexibility index (Phi) is 5.99. The molecule has 0 saturated carbocycles. The summed E-state index contributed by atoms with van der Waals surface area (Å²) in [7, 11) is -3.40. The Labute approximate surface area is 180 Å². The van der Waals surface area contributed by atoms with Crippen LogP contribution in [0.1, 0.15) is 20.9 Å². The zero-order valence-corrected chi connectivity index (χ0v) is 18.3. The number of aryl methyl sites for hydroxylation is 1. The molecule has 1 amide bonds. The summed E-state index contributed by atoms with van der Waals surface area (Å²) >= 11 is 1.39. The monoisotopic (exact) mass is 441 g/mol. The fraction of sp³-hybridized carbons (Fsp3) is 0.273. The summed E-state index contributed by atoms with van der Waals surface area (Å²) < 4.78 is 26.9. The highest BCUT2D eigenvalue weighted by atomic mass is 32.2. The molecule has 0 spiro atoms. The van der Waals surface area contributed by atoms with Crippen LogP contribution in [-0.2, 0) is 15.8 Å². The van der Waals surface area contributed by atoms with E-state index in [-0.39, 0.29) is 11.7 Å². The van der Waals surface area contributed by atoms with Crippen LogP contribution in [0.2, 0.25) is 0 Å². The number of hydrogen-bond acceptors (Lipinski definition) is 5. The standard InChI is InChI=1S/C22H23N3O3S2/c1-17-20(29-21(23-17)19-10-6-3-7-11-19)22(26)24-12-14-25(15-13-24)30(27,28)16-18-8-4-2-5-9-18/h2-11H,12-16H2,1H3. The Morgan fingerprint density at radius 1 is 0.967 bits per heavy atom. The van der Waals surface area contributed by atoms with Gasteiger partial charge in [-0.25, -0.2) is 13.4 Å². The number of rotatable bonds is 5. The molecule has 1 aliphatic heterocycles. The van der Waals surface area contributed by atoms with Gasteiger partial charge in [0.25, 0.3) is 5.91 Å². The van der Waals surface area contributed by atoms with Gasteiger partial charge in [-0.2, -0.15) is 4.31 Å². The number of piperazine rings is 1. The highest BCUT2D eigenvalue weighted by Crippen LogP contribution is 2.29. The van der Waals surface area contributed by atoms with E-state index in [1.165, 1.54) is 15.6 Å². The Morgan fingerprint density at radius 3 is 2.20 bits per heavy atom. The molecular formula is C22H23N3O3S2. The fourth-order valence-electron chi connectivity index (χ4n) is 3.49. The molecule has 0 atom stereocenters. The van der Waals surface area contributed by atoms with Crippen LogP contribution in [0.4, 0.5) is 0 Å². The highest BCUT2D eigenvalue weighted by Gasteiger charge is 2.30. The third-order valence-corrected chi connectivity index (χ3v) is 8.17. The third-order valence-electron chi connectivity index (χ3n) is 5.12. The summed E-state index contributed by atoms with van der Waals surface area (Å²) in [5, 5.41) is 0.820. The van der Waals surface area contributed by atoms with Crippen LogP contribution >= 0.6 is 11.3 Å². The molecule has 3 aromatic rings. The maximum absolute atomic E-state index is 13.0. The molecule has 2 aromatic carbocycles. The highest BCUT2D eigenvalue weighted by molar-refractivity contribution is 7.88. The third kappa shape index (κ3) is 4.45. The molecule has 1 aromatic heterocycles. The van der Waals surface area contributed by atoms with Gasteiger partial charge in [-0.3, -0.25) is 4.79 Å². The molecular weight excluding hydrogens is 418 g/mol. The molecule has 0 bridgehead atoms. The normalized spacial score (nSPS) is 15.3. The number of benzene rings is 2. The lowest BCUT2D eigenvalue weighted by Crippen LogP contribution is -2.50. The molecule has 0 aliphatic carbocycles. The minimum absolute atomic E-state index is 0.0177. The lowest BCUT2D eigenvalue weighted by atomic mass is 10.2. The first-order chi connectivity index (χ1) is 14.4. The second-order valence-electron chi connectivity index (χ2n) is 7.23. The van der Waals surface area contributed by atoms with Crippen molar-refractivity contribution in [2.24, 2.45) is 0 Å². The number of sulfonamides is 1. The maximum atomic E-state index is 13.0. The van der Waals surface area contributed by atoms with E-state index in [0.29, 0.717) is 36.8 Å². The van der Waals surface area contributed by atoms with Crippen molar-refractivity contribution in [3.63, 3.8) is 0 Å². The van der Waals surface area contributed by atoms with E-state index in [0.717, 1.165) is 16.1 Å². The molecule has 1 fully saturated rings. The molecule has 6 nitrogen and oxygen atoms in total. The Hall–Kier alpha value is -2.55. The maximum Gasteiger partial charge on any atom is 0.265 e. The van der Waals surface area contributed by atoms with Crippen LogP contribution in [0.25, 0.3) is 10.6 Å². The van der Waals surface area contributed by atoms with E-state index in [4.69, 9.17) is 0 Å². The van der Waals surface area contributed by atoms with Gasteiger partial charge < -0.3 is 4.90 Å². The Morgan fingerprint density at radius 2 is 1.57 bits per heavy atom. The van der Waals surface area contributed by atoms with E-state index in [1.807, 2.05) is 67.6 Å². The van der Waals surface area contributed by atoms with E-state index in [9.17, 15) is 13.2 Å². The fourth-order valence-corrected chi connectivity index (χ4v) is 6.04. The van der Waals surface area contributed by atoms with Crippen molar-refractivity contribution in [2.75, 3.05) is 26.2 Å². The largest absolute Gasteiger partial charge is 0.335 e. The van der Waals surface area contributed by atoms with E-state index in [1.54, 1.807) is 4.90 Å². The lowest BCUT2D eigenvalue weighted by Gasteiger charge is -2.33. The van der Waals surface area contributed by atoms with Crippen molar-refractivity contribution in [3.05, 3.63) is 76.8 Å². The Balaban J connectivity index is 1.42. The van der Waals surface area contributed by atoms with Gasteiger partial charge in [-0.15, -0.1) is 11.3 Å². The van der Waals surface area contributed by atoms with Crippen molar-refractivity contribution < 1.29 is 13.2 Å². The van der Waals surface area contributed by atoms with Gasteiger partial charge in [0.2, 0.25) is 10.0 Å². The molecule has 156 valence electrons. The second-order valence-corrected chi connectivity index (χ2v) is 10.2. The van der Waals surface area contributed by atoms with Crippen LogP contribution in [0, 0.1) is 6.92 Å². The summed E-state index contributed by atoms with van der Waals surface area (Å²) in [5.74, 6) is -0.0943. The summed E-state index contributed by atoms with van der Waals surface area (Å²) in [4.78, 5) is 19.9. The molecule has 0 N–H and O–H groups in total. The smallest absolute Gasteiger partial charge is 0.265 e. The average molecular weight is 442 g/mol. The van der Waals surface area contributed by atoms with Crippen molar-refractivity contribution >= 4 is 27.3 Å².